The van der Waals surface area contributed by atoms with Gasteiger partial charge in [0, 0.05) is 25.3 Å². The third-order valence-electron chi connectivity index (χ3n) is 4.73. The molecule has 136 valence electrons. The van der Waals surface area contributed by atoms with E-state index in [0.29, 0.717) is 25.4 Å². The minimum atomic E-state index is -0.767. The van der Waals surface area contributed by atoms with Crippen LogP contribution in [0, 0.1) is 6.92 Å². The number of anilines is 1. The Morgan fingerprint density at radius 1 is 1.16 bits per heavy atom. The molecule has 0 spiro atoms. The summed E-state index contributed by atoms with van der Waals surface area (Å²) in [6.07, 6.45) is -0.767. The van der Waals surface area contributed by atoms with Crippen molar-refractivity contribution in [1.29, 1.82) is 0 Å². The number of ether oxygens (including phenoxy) is 1. The molecular formula is C18H25N3O4. The average molecular weight is 347 g/mol. The van der Waals surface area contributed by atoms with E-state index < -0.39 is 12.1 Å². The first-order valence-electron chi connectivity index (χ1n) is 8.67. The Balaban J connectivity index is 1.66. The highest BCUT2D eigenvalue weighted by Gasteiger charge is 2.43. The van der Waals surface area contributed by atoms with Gasteiger partial charge in [-0.2, -0.15) is 0 Å². The zero-order valence-electron chi connectivity index (χ0n) is 14.7. The first-order valence-corrected chi connectivity index (χ1v) is 8.67. The van der Waals surface area contributed by atoms with Crippen LogP contribution in [-0.2, 0) is 9.53 Å². The van der Waals surface area contributed by atoms with Gasteiger partial charge >= 0.3 is 6.03 Å². The fourth-order valence-corrected chi connectivity index (χ4v) is 3.28. The van der Waals surface area contributed by atoms with Crippen molar-refractivity contribution in [1.82, 2.24) is 9.80 Å². The number of hydrogen-bond donors (Lipinski definition) is 1. The molecule has 3 amide bonds. The first kappa shape index (κ1) is 17.8. The lowest BCUT2D eigenvalue weighted by Gasteiger charge is -2.29. The SMILES string of the molecule is Cc1ccc(N2C(=O)N(CC(O)CN3CCOCC3)C(=O)C2C)cc1. The third kappa shape index (κ3) is 3.84. The Morgan fingerprint density at radius 3 is 2.44 bits per heavy atom. The monoisotopic (exact) mass is 347 g/mol. The second kappa shape index (κ2) is 7.51. The fraction of sp³-hybridized carbons (Fsp3) is 0.556. The van der Waals surface area contributed by atoms with Gasteiger partial charge in [0.2, 0.25) is 0 Å². The van der Waals surface area contributed by atoms with Gasteiger partial charge in [-0.05, 0) is 26.0 Å². The lowest BCUT2D eigenvalue weighted by molar-refractivity contribution is -0.128. The molecule has 0 radical (unpaired) electrons. The largest absolute Gasteiger partial charge is 0.390 e. The van der Waals surface area contributed by atoms with Crippen LogP contribution >= 0.6 is 0 Å². The molecule has 0 aromatic heterocycles. The number of aliphatic hydroxyl groups excluding tert-OH is 1. The number of carbonyl (C=O) groups excluding carboxylic acids is 2. The van der Waals surface area contributed by atoms with Crippen molar-refractivity contribution in [2.24, 2.45) is 0 Å². The van der Waals surface area contributed by atoms with Crippen LogP contribution in [-0.4, -0.2) is 78.4 Å². The van der Waals surface area contributed by atoms with Crippen LogP contribution in [0.25, 0.3) is 0 Å². The highest BCUT2D eigenvalue weighted by atomic mass is 16.5. The van der Waals surface area contributed by atoms with Crippen molar-refractivity contribution < 1.29 is 19.4 Å². The van der Waals surface area contributed by atoms with E-state index in [4.69, 9.17) is 4.74 Å². The number of morpholine rings is 1. The summed E-state index contributed by atoms with van der Waals surface area (Å²) in [5.74, 6) is -0.272. The molecule has 2 aliphatic heterocycles. The number of carbonyl (C=O) groups is 2. The molecule has 1 aromatic carbocycles. The molecule has 25 heavy (non-hydrogen) atoms. The fourth-order valence-electron chi connectivity index (χ4n) is 3.28. The van der Waals surface area contributed by atoms with Crippen molar-refractivity contribution in [2.75, 3.05) is 44.3 Å². The number of urea groups is 1. The second-order valence-electron chi connectivity index (χ2n) is 6.68. The molecular weight excluding hydrogens is 322 g/mol. The number of hydrogen-bond acceptors (Lipinski definition) is 5. The van der Waals surface area contributed by atoms with Gasteiger partial charge in [0.15, 0.2) is 0 Å². The lowest BCUT2D eigenvalue weighted by Crippen LogP contribution is -2.46. The van der Waals surface area contributed by atoms with Gasteiger partial charge < -0.3 is 9.84 Å². The molecule has 0 saturated carbocycles. The van der Waals surface area contributed by atoms with E-state index in [0.717, 1.165) is 23.6 Å². The summed E-state index contributed by atoms with van der Waals surface area (Å²) in [6.45, 7) is 6.93. The minimum Gasteiger partial charge on any atom is -0.390 e. The van der Waals surface area contributed by atoms with Crippen LogP contribution < -0.4 is 4.90 Å². The molecule has 1 N–H and O–H groups in total. The maximum absolute atomic E-state index is 12.7. The van der Waals surface area contributed by atoms with Gasteiger partial charge in [-0.3, -0.25) is 19.5 Å². The summed E-state index contributed by atoms with van der Waals surface area (Å²) in [6, 6.07) is 6.56. The molecule has 1 aromatic rings. The summed E-state index contributed by atoms with van der Waals surface area (Å²) < 4.78 is 5.29. The van der Waals surface area contributed by atoms with E-state index in [1.807, 2.05) is 31.2 Å². The Labute approximate surface area is 147 Å². The quantitative estimate of drug-likeness (QED) is 0.800. The summed E-state index contributed by atoms with van der Waals surface area (Å²) in [5, 5.41) is 10.3. The van der Waals surface area contributed by atoms with Gasteiger partial charge in [0.25, 0.3) is 5.91 Å². The summed E-state index contributed by atoms with van der Waals surface area (Å²) in [4.78, 5) is 30.0. The minimum absolute atomic E-state index is 0.0156. The van der Waals surface area contributed by atoms with E-state index in [2.05, 4.69) is 4.90 Å². The van der Waals surface area contributed by atoms with Gasteiger partial charge in [-0.1, -0.05) is 17.7 Å². The summed E-state index contributed by atoms with van der Waals surface area (Å²) >= 11 is 0. The van der Waals surface area contributed by atoms with Crippen molar-refractivity contribution in [2.45, 2.75) is 26.0 Å². The molecule has 2 heterocycles. The van der Waals surface area contributed by atoms with E-state index in [1.54, 1.807) is 6.92 Å². The Morgan fingerprint density at radius 2 is 1.80 bits per heavy atom. The predicted molar refractivity (Wildman–Crippen MR) is 93.5 cm³/mol. The van der Waals surface area contributed by atoms with Gasteiger partial charge in [-0.25, -0.2) is 4.79 Å². The Hall–Kier alpha value is -1.96. The van der Waals surface area contributed by atoms with Crippen LogP contribution in [0.2, 0.25) is 0 Å². The molecule has 2 unspecified atom stereocenters. The maximum atomic E-state index is 12.7. The van der Waals surface area contributed by atoms with Crippen LogP contribution in [0.4, 0.5) is 10.5 Å². The maximum Gasteiger partial charge on any atom is 0.332 e. The smallest absolute Gasteiger partial charge is 0.332 e. The standard InChI is InChI=1S/C18H25N3O4/c1-13-3-5-15(6-4-13)21-14(2)17(23)20(18(21)24)12-16(22)11-19-7-9-25-10-8-19/h3-6,14,16,22H,7-12H2,1-2H3. The van der Waals surface area contributed by atoms with Crippen LogP contribution in [0.5, 0.6) is 0 Å². The predicted octanol–water partition coefficient (Wildman–Crippen LogP) is 0.845. The number of imide groups is 1. The van der Waals surface area contributed by atoms with Crippen LogP contribution in [0.1, 0.15) is 12.5 Å². The van der Waals surface area contributed by atoms with E-state index in [-0.39, 0.29) is 18.5 Å². The number of β-amino-alcohol motifs (C(OH)–C–C–N with tert-alkyl or cyclic N) is 1. The number of rotatable bonds is 5. The molecule has 2 aliphatic rings. The molecule has 3 rings (SSSR count). The van der Waals surface area contributed by atoms with Gasteiger partial charge in [0.1, 0.15) is 6.04 Å². The topological polar surface area (TPSA) is 73.3 Å². The molecule has 0 bridgehead atoms. The molecule has 7 heteroatoms. The summed E-state index contributed by atoms with van der Waals surface area (Å²) in [7, 11) is 0. The van der Waals surface area contributed by atoms with Crippen LogP contribution in [0.3, 0.4) is 0 Å². The van der Waals surface area contributed by atoms with Crippen molar-refractivity contribution in [3.63, 3.8) is 0 Å². The van der Waals surface area contributed by atoms with E-state index in [9.17, 15) is 14.7 Å². The third-order valence-corrected chi connectivity index (χ3v) is 4.73. The number of benzene rings is 1. The normalized spacial score (nSPS) is 23.4. The first-order chi connectivity index (χ1) is 12.0. The van der Waals surface area contributed by atoms with E-state index >= 15 is 0 Å². The van der Waals surface area contributed by atoms with Gasteiger partial charge in [0.05, 0.1) is 25.9 Å². The lowest BCUT2D eigenvalue weighted by atomic mass is 10.2. The van der Waals surface area contributed by atoms with E-state index in [1.165, 1.54) is 4.90 Å². The zero-order valence-corrected chi connectivity index (χ0v) is 14.7. The van der Waals surface area contributed by atoms with Crippen molar-refractivity contribution in [3.05, 3.63) is 29.8 Å². The molecule has 2 fully saturated rings. The van der Waals surface area contributed by atoms with Crippen LogP contribution in [0.15, 0.2) is 24.3 Å². The number of nitrogens with zero attached hydrogens (tertiary/aromatic N) is 3. The summed E-state index contributed by atoms with van der Waals surface area (Å²) in [5.41, 5.74) is 1.79. The number of aryl methyl sites for hydroxylation is 1. The molecule has 2 atom stereocenters. The van der Waals surface area contributed by atoms with Crippen molar-refractivity contribution in [3.8, 4) is 0 Å². The highest BCUT2D eigenvalue weighted by molar-refractivity contribution is 6.14. The average Bonchev–Trinajstić information content (AvgIpc) is 2.80. The number of aliphatic hydroxyl groups is 1. The Bertz CT molecular complexity index is 628. The molecule has 2 saturated heterocycles. The second-order valence-corrected chi connectivity index (χ2v) is 6.68. The Kier molecular flexibility index (Phi) is 5.36. The van der Waals surface area contributed by atoms with Crippen molar-refractivity contribution >= 4 is 17.6 Å². The molecule has 0 aliphatic carbocycles. The van der Waals surface area contributed by atoms with Gasteiger partial charge in [-0.15, -0.1) is 0 Å². The highest BCUT2D eigenvalue weighted by Crippen LogP contribution is 2.26. The molecule has 7 nitrogen and oxygen atoms in total. The zero-order chi connectivity index (χ0) is 18.0. The number of amides is 3.